The van der Waals surface area contributed by atoms with Crippen LogP contribution in [-0.2, 0) is 4.79 Å². The Bertz CT molecular complexity index is 2010. The number of aryl methyl sites for hydroxylation is 1. The third kappa shape index (κ3) is 5.48. The molecule has 4 aromatic carbocycles. The van der Waals surface area contributed by atoms with E-state index in [1.807, 2.05) is 61.5 Å². The molecule has 42 heavy (non-hydrogen) atoms. The minimum Gasteiger partial charge on any atom is -0.496 e. The van der Waals surface area contributed by atoms with Gasteiger partial charge in [0.2, 0.25) is 5.82 Å². The number of amides is 1. The minimum absolute atomic E-state index is 0.164. The fourth-order valence-corrected chi connectivity index (χ4v) is 4.50. The van der Waals surface area contributed by atoms with Gasteiger partial charge in [-0.3, -0.25) is 9.59 Å². The van der Waals surface area contributed by atoms with Crippen molar-refractivity contribution >= 4 is 39.7 Å². The van der Waals surface area contributed by atoms with Gasteiger partial charge in [-0.1, -0.05) is 48.0 Å². The van der Waals surface area contributed by atoms with Crippen molar-refractivity contribution in [2.24, 2.45) is 5.10 Å². The zero-order valence-electron chi connectivity index (χ0n) is 22.9. The van der Waals surface area contributed by atoms with Gasteiger partial charge in [0.25, 0.3) is 11.5 Å². The molecule has 0 atom stereocenters. The maximum Gasteiger partial charge on any atom is 0.282 e. The highest BCUT2D eigenvalue weighted by molar-refractivity contribution is 5.92. The number of furan rings is 1. The first-order chi connectivity index (χ1) is 20.5. The maximum absolute atomic E-state index is 13.6. The van der Waals surface area contributed by atoms with Crippen LogP contribution in [-0.4, -0.2) is 35.5 Å². The van der Waals surface area contributed by atoms with Crippen molar-refractivity contribution in [1.82, 2.24) is 9.66 Å². The fraction of sp³-hybridized carbons (Fsp3) is 0.0909. The Morgan fingerprint density at radius 1 is 0.976 bits per heavy atom. The molecular formula is C33H26N4O5. The molecule has 0 spiro atoms. The van der Waals surface area contributed by atoms with E-state index in [9.17, 15) is 9.59 Å². The van der Waals surface area contributed by atoms with Gasteiger partial charge in [-0.05, 0) is 67.1 Å². The second-order valence-corrected chi connectivity index (χ2v) is 9.57. The Kier molecular flexibility index (Phi) is 7.21. The lowest BCUT2D eigenvalue weighted by Gasteiger charge is -2.09. The van der Waals surface area contributed by atoms with Crippen LogP contribution in [0.5, 0.6) is 11.5 Å². The molecule has 0 radical (unpaired) electrons. The summed E-state index contributed by atoms with van der Waals surface area (Å²) in [6, 6.07) is 28.9. The predicted molar refractivity (Wildman–Crippen MR) is 163 cm³/mol. The summed E-state index contributed by atoms with van der Waals surface area (Å²) in [5.41, 5.74) is 3.23. The number of hydrogen-bond donors (Lipinski definition) is 1. The van der Waals surface area contributed by atoms with Crippen LogP contribution < -0.4 is 20.3 Å². The van der Waals surface area contributed by atoms with E-state index in [1.54, 1.807) is 49.6 Å². The molecule has 0 aliphatic heterocycles. The molecule has 9 heteroatoms. The normalized spacial score (nSPS) is 11.3. The summed E-state index contributed by atoms with van der Waals surface area (Å²) in [7, 11) is 1.59. The molecule has 0 aliphatic carbocycles. The van der Waals surface area contributed by atoms with Crippen LogP contribution in [0, 0.1) is 6.92 Å². The van der Waals surface area contributed by atoms with E-state index in [4.69, 9.17) is 18.9 Å². The molecule has 0 fully saturated rings. The van der Waals surface area contributed by atoms with Crippen molar-refractivity contribution in [2.75, 3.05) is 19.0 Å². The van der Waals surface area contributed by atoms with E-state index >= 15 is 0 Å². The number of anilines is 1. The first kappa shape index (κ1) is 26.5. The second-order valence-electron chi connectivity index (χ2n) is 9.57. The molecule has 2 heterocycles. The lowest BCUT2D eigenvalue weighted by atomic mass is 10.2. The molecule has 0 saturated heterocycles. The summed E-state index contributed by atoms with van der Waals surface area (Å²) in [6.45, 7) is 1.82. The Labute approximate surface area is 240 Å². The summed E-state index contributed by atoms with van der Waals surface area (Å²) in [5, 5.41) is 8.49. The van der Waals surface area contributed by atoms with Gasteiger partial charge in [0.1, 0.15) is 17.1 Å². The quantitative estimate of drug-likeness (QED) is 0.229. The fourth-order valence-electron chi connectivity index (χ4n) is 4.50. The monoisotopic (exact) mass is 558 g/mol. The number of benzene rings is 4. The van der Waals surface area contributed by atoms with Gasteiger partial charge in [-0.2, -0.15) is 9.78 Å². The molecule has 0 aliphatic rings. The molecule has 0 bridgehead atoms. The van der Waals surface area contributed by atoms with Gasteiger partial charge >= 0.3 is 0 Å². The molecule has 6 rings (SSSR count). The first-order valence-electron chi connectivity index (χ1n) is 13.2. The Hall–Kier alpha value is -5.70. The molecule has 0 saturated carbocycles. The Balaban J connectivity index is 1.29. The first-order valence-corrected chi connectivity index (χ1v) is 13.2. The van der Waals surface area contributed by atoms with Gasteiger partial charge in [0.15, 0.2) is 12.4 Å². The average Bonchev–Trinajstić information content (AvgIpc) is 3.45. The number of fused-ring (bicyclic) bond motifs is 2. The highest BCUT2D eigenvalue weighted by Gasteiger charge is 2.18. The lowest BCUT2D eigenvalue weighted by molar-refractivity contribution is -0.118. The summed E-state index contributed by atoms with van der Waals surface area (Å²) >= 11 is 0. The van der Waals surface area contributed by atoms with Crippen LogP contribution in [0.15, 0.2) is 111 Å². The zero-order valence-corrected chi connectivity index (χ0v) is 22.9. The number of carbonyl (C=O) groups is 1. The largest absolute Gasteiger partial charge is 0.496 e. The molecular weight excluding hydrogens is 532 g/mol. The van der Waals surface area contributed by atoms with E-state index < -0.39 is 0 Å². The zero-order chi connectivity index (χ0) is 29.1. The third-order valence-electron chi connectivity index (χ3n) is 6.60. The van der Waals surface area contributed by atoms with E-state index in [0.717, 1.165) is 10.9 Å². The van der Waals surface area contributed by atoms with Gasteiger partial charge in [0.05, 0.1) is 29.6 Å². The molecule has 6 aromatic rings. The van der Waals surface area contributed by atoms with Gasteiger partial charge in [-0.25, -0.2) is 4.98 Å². The average molecular weight is 559 g/mol. The van der Waals surface area contributed by atoms with Crippen LogP contribution >= 0.6 is 0 Å². The standard InChI is InChI=1S/C33H26N4O5/c1-21-13-15-23(16-14-21)35-31(38)20-41-24-8-5-7-22(17-24)19-34-37-32(36-27-10-4-3-9-25(27)33(37)39)30-18-26-28(40-2)11-6-12-29(26)42-30/h3-19H,20H2,1-2H3,(H,35,38). The molecule has 208 valence electrons. The summed E-state index contributed by atoms with van der Waals surface area (Å²) < 4.78 is 18.5. The Morgan fingerprint density at radius 2 is 1.79 bits per heavy atom. The van der Waals surface area contributed by atoms with Crippen molar-refractivity contribution in [1.29, 1.82) is 0 Å². The van der Waals surface area contributed by atoms with Gasteiger partial charge in [0, 0.05) is 5.69 Å². The lowest BCUT2D eigenvalue weighted by Crippen LogP contribution is -2.20. The summed E-state index contributed by atoms with van der Waals surface area (Å²) in [4.78, 5) is 30.7. The second kappa shape index (κ2) is 11.4. The van der Waals surface area contributed by atoms with Crippen molar-refractivity contribution in [3.8, 4) is 23.1 Å². The number of methoxy groups -OCH3 is 1. The minimum atomic E-state index is -0.348. The molecule has 2 aromatic heterocycles. The van der Waals surface area contributed by atoms with E-state index in [1.165, 1.54) is 10.9 Å². The van der Waals surface area contributed by atoms with Crippen LogP contribution in [0.25, 0.3) is 33.5 Å². The van der Waals surface area contributed by atoms with Crippen LogP contribution in [0.1, 0.15) is 11.1 Å². The summed E-state index contributed by atoms with van der Waals surface area (Å²) in [6.07, 6.45) is 1.53. The molecule has 0 unspecified atom stereocenters. The van der Waals surface area contributed by atoms with Crippen molar-refractivity contribution in [2.45, 2.75) is 6.92 Å². The van der Waals surface area contributed by atoms with Gasteiger partial charge in [-0.15, -0.1) is 0 Å². The van der Waals surface area contributed by atoms with Crippen molar-refractivity contribution in [3.05, 3.63) is 119 Å². The van der Waals surface area contributed by atoms with Crippen LogP contribution in [0.4, 0.5) is 5.69 Å². The van der Waals surface area contributed by atoms with Crippen LogP contribution in [0.3, 0.4) is 0 Å². The number of para-hydroxylation sites is 1. The number of ether oxygens (including phenoxy) is 2. The van der Waals surface area contributed by atoms with Crippen molar-refractivity contribution in [3.63, 3.8) is 0 Å². The van der Waals surface area contributed by atoms with E-state index in [2.05, 4.69) is 10.4 Å². The number of aromatic nitrogens is 2. The van der Waals surface area contributed by atoms with Crippen molar-refractivity contribution < 1.29 is 18.7 Å². The number of carbonyl (C=O) groups excluding carboxylic acids is 1. The van der Waals surface area contributed by atoms with Crippen LogP contribution in [0.2, 0.25) is 0 Å². The number of nitrogens with one attached hydrogen (secondary N) is 1. The topological polar surface area (TPSA) is 108 Å². The third-order valence-corrected chi connectivity index (χ3v) is 6.60. The molecule has 1 N–H and O–H groups in total. The maximum atomic E-state index is 13.6. The van der Waals surface area contributed by atoms with Gasteiger partial charge < -0.3 is 19.2 Å². The SMILES string of the molecule is COc1cccc2oc(-c3nc4ccccc4c(=O)n3N=Cc3cccc(OCC(=O)Nc4ccc(C)cc4)c3)cc12. The molecule has 1 amide bonds. The predicted octanol–water partition coefficient (Wildman–Crippen LogP) is 6.03. The highest BCUT2D eigenvalue weighted by Crippen LogP contribution is 2.32. The number of hydrogen-bond acceptors (Lipinski definition) is 7. The van der Waals surface area contributed by atoms with E-state index in [0.29, 0.717) is 45.0 Å². The summed E-state index contributed by atoms with van der Waals surface area (Å²) in [5.74, 6) is 1.45. The van der Waals surface area contributed by atoms with E-state index in [-0.39, 0.29) is 23.9 Å². The number of rotatable bonds is 8. The highest BCUT2D eigenvalue weighted by atomic mass is 16.5. The smallest absolute Gasteiger partial charge is 0.282 e. The number of nitrogens with zero attached hydrogens (tertiary/aromatic N) is 3. The Morgan fingerprint density at radius 3 is 2.62 bits per heavy atom. The molecule has 9 nitrogen and oxygen atoms in total.